The number of ether oxygens (including phenoxy) is 5. The van der Waals surface area contributed by atoms with Crippen molar-refractivity contribution >= 4 is 15.8 Å². The molecule has 0 bridgehead atoms. The SMILES string of the molecule is C#CC(Oc1nc(OC)cc(OC)n1)Oc1ccccc1C(=O)OCCS(C)(=O)=O. The lowest BCUT2D eigenvalue weighted by atomic mass is 10.2. The van der Waals surface area contributed by atoms with Crippen molar-refractivity contribution in [1.29, 1.82) is 0 Å². The molecule has 2 rings (SSSR count). The van der Waals surface area contributed by atoms with Gasteiger partial charge in [0.15, 0.2) is 9.84 Å². The smallest absolute Gasteiger partial charge is 0.341 e. The van der Waals surface area contributed by atoms with Gasteiger partial charge in [-0.1, -0.05) is 12.1 Å². The highest BCUT2D eigenvalue weighted by molar-refractivity contribution is 7.90. The number of terminal acetylenes is 1. The summed E-state index contributed by atoms with van der Waals surface area (Å²) in [6.45, 7) is -0.293. The van der Waals surface area contributed by atoms with Gasteiger partial charge in [0.1, 0.15) is 17.9 Å². The maximum absolute atomic E-state index is 12.3. The molecule has 0 spiro atoms. The minimum atomic E-state index is -3.27. The second kappa shape index (κ2) is 10.3. The molecule has 0 N–H and O–H groups in total. The number of carbonyl (C=O) groups is 1. The van der Waals surface area contributed by atoms with Crippen LogP contribution in [0.2, 0.25) is 0 Å². The van der Waals surface area contributed by atoms with Gasteiger partial charge in [-0.15, -0.1) is 6.42 Å². The van der Waals surface area contributed by atoms with Gasteiger partial charge in [0.25, 0.3) is 0 Å². The highest BCUT2D eigenvalue weighted by Gasteiger charge is 2.19. The number of hydrogen-bond donors (Lipinski definition) is 0. The Morgan fingerprint density at radius 1 is 1.13 bits per heavy atom. The molecule has 0 saturated carbocycles. The molecule has 1 unspecified atom stereocenters. The van der Waals surface area contributed by atoms with Gasteiger partial charge in [0.2, 0.25) is 11.8 Å². The van der Waals surface area contributed by atoms with Crippen LogP contribution in [0.4, 0.5) is 0 Å². The van der Waals surface area contributed by atoms with Crippen LogP contribution in [0.3, 0.4) is 0 Å². The summed E-state index contributed by atoms with van der Waals surface area (Å²) in [7, 11) is -0.452. The van der Waals surface area contributed by atoms with E-state index in [1.54, 1.807) is 12.1 Å². The minimum Gasteiger partial charge on any atom is -0.481 e. The molecule has 10 nitrogen and oxygen atoms in total. The highest BCUT2D eigenvalue weighted by Crippen LogP contribution is 2.23. The summed E-state index contributed by atoms with van der Waals surface area (Å²) in [4.78, 5) is 20.3. The number of sulfone groups is 1. The number of rotatable bonds is 10. The Morgan fingerprint density at radius 2 is 1.77 bits per heavy atom. The lowest BCUT2D eigenvalue weighted by Gasteiger charge is -2.17. The van der Waals surface area contributed by atoms with E-state index in [1.165, 1.54) is 32.4 Å². The van der Waals surface area contributed by atoms with Crippen LogP contribution in [0.25, 0.3) is 0 Å². The number of esters is 1. The van der Waals surface area contributed by atoms with E-state index in [0.29, 0.717) is 0 Å². The van der Waals surface area contributed by atoms with Gasteiger partial charge in [-0.3, -0.25) is 0 Å². The minimum absolute atomic E-state index is 0.0407. The fourth-order valence-corrected chi connectivity index (χ4v) is 2.44. The lowest BCUT2D eigenvalue weighted by Crippen LogP contribution is -2.24. The molecular weight excluding hydrogens is 416 g/mol. The van der Waals surface area contributed by atoms with Gasteiger partial charge < -0.3 is 23.7 Å². The molecule has 0 aliphatic heterocycles. The van der Waals surface area contributed by atoms with E-state index >= 15 is 0 Å². The molecule has 2 aromatic rings. The quantitative estimate of drug-likeness (QED) is 0.304. The van der Waals surface area contributed by atoms with Gasteiger partial charge in [-0.25, -0.2) is 13.2 Å². The maximum Gasteiger partial charge on any atom is 0.341 e. The molecule has 0 aliphatic carbocycles. The lowest BCUT2D eigenvalue weighted by molar-refractivity contribution is 0.0405. The molecule has 0 amide bonds. The van der Waals surface area contributed by atoms with Crippen LogP contribution < -0.4 is 18.9 Å². The zero-order valence-corrected chi connectivity index (χ0v) is 17.3. The van der Waals surface area contributed by atoms with Crippen molar-refractivity contribution in [3.63, 3.8) is 0 Å². The Hall–Kier alpha value is -3.52. The van der Waals surface area contributed by atoms with Gasteiger partial charge in [0, 0.05) is 6.26 Å². The number of methoxy groups -OCH3 is 2. The van der Waals surface area contributed by atoms with E-state index in [1.807, 2.05) is 0 Å². The molecule has 1 aromatic heterocycles. The van der Waals surface area contributed by atoms with Crippen LogP contribution in [0.15, 0.2) is 30.3 Å². The molecule has 0 fully saturated rings. The number of hydrogen-bond acceptors (Lipinski definition) is 10. The third kappa shape index (κ3) is 6.82. The van der Waals surface area contributed by atoms with Crippen molar-refractivity contribution in [2.45, 2.75) is 6.29 Å². The first kappa shape index (κ1) is 22.8. The molecule has 0 radical (unpaired) electrons. The molecule has 0 saturated heterocycles. The van der Waals surface area contributed by atoms with Gasteiger partial charge in [0.05, 0.1) is 26.0 Å². The monoisotopic (exact) mass is 436 g/mol. The first-order valence-electron chi connectivity index (χ1n) is 8.46. The molecule has 1 atom stereocenters. The summed E-state index contributed by atoms with van der Waals surface area (Å²) in [5.74, 6) is 1.63. The highest BCUT2D eigenvalue weighted by atomic mass is 32.2. The predicted molar refractivity (Wildman–Crippen MR) is 105 cm³/mol. The van der Waals surface area contributed by atoms with Crippen LogP contribution in [0.1, 0.15) is 10.4 Å². The topological polar surface area (TPSA) is 123 Å². The standard InChI is InChI=1S/C19H20N2O8S/c1-5-17(29-19-20-15(25-2)12-16(21-19)26-3)28-14-9-7-6-8-13(14)18(22)27-10-11-30(4,23)24/h1,6-9,12,17H,10-11H2,2-4H3. The Morgan fingerprint density at radius 3 is 2.33 bits per heavy atom. The van der Waals surface area contributed by atoms with Crippen LogP contribution in [-0.2, 0) is 14.6 Å². The molecule has 0 aliphatic rings. The molecule has 160 valence electrons. The largest absolute Gasteiger partial charge is 0.481 e. The van der Waals surface area contributed by atoms with Crippen LogP contribution >= 0.6 is 0 Å². The number of nitrogens with zero attached hydrogens (tertiary/aromatic N) is 2. The van der Waals surface area contributed by atoms with E-state index in [4.69, 9.17) is 30.1 Å². The summed E-state index contributed by atoms with van der Waals surface area (Å²) in [6, 6.07) is 7.40. The summed E-state index contributed by atoms with van der Waals surface area (Å²) >= 11 is 0. The van der Waals surface area contributed by atoms with Crippen molar-refractivity contribution in [2.24, 2.45) is 0 Å². The average Bonchev–Trinajstić information content (AvgIpc) is 2.72. The maximum atomic E-state index is 12.3. The van der Waals surface area contributed by atoms with E-state index in [9.17, 15) is 13.2 Å². The van der Waals surface area contributed by atoms with Crippen molar-refractivity contribution in [3.05, 3.63) is 35.9 Å². The average molecular weight is 436 g/mol. The number of para-hydroxylation sites is 1. The second-order valence-electron chi connectivity index (χ2n) is 5.73. The summed E-state index contributed by atoms with van der Waals surface area (Å²) in [6.07, 6.45) is 5.21. The van der Waals surface area contributed by atoms with E-state index < -0.39 is 22.1 Å². The summed E-state index contributed by atoms with van der Waals surface area (Å²) in [5, 5.41) is 0. The summed E-state index contributed by atoms with van der Waals surface area (Å²) < 4.78 is 48.4. The molecule has 1 heterocycles. The van der Waals surface area contributed by atoms with Gasteiger partial charge in [-0.2, -0.15) is 9.97 Å². The zero-order chi connectivity index (χ0) is 22.1. The van der Waals surface area contributed by atoms with Crippen molar-refractivity contribution in [1.82, 2.24) is 9.97 Å². The second-order valence-corrected chi connectivity index (χ2v) is 7.99. The number of aromatic nitrogens is 2. The zero-order valence-electron chi connectivity index (χ0n) is 16.5. The Bertz CT molecular complexity index is 1010. The Kier molecular flexibility index (Phi) is 7.83. The van der Waals surface area contributed by atoms with E-state index in [-0.39, 0.29) is 41.4 Å². The first-order valence-corrected chi connectivity index (χ1v) is 10.5. The van der Waals surface area contributed by atoms with Crippen molar-refractivity contribution in [3.8, 4) is 35.9 Å². The molecular formula is C19H20N2O8S. The molecule has 30 heavy (non-hydrogen) atoms. The van der Waals surface area contributed by atoms with Crippen molar-refractivity contribution < 1.29 is 36.9 Å². The van der Waals surface area contributed by atoms with Crippen LogP contribution in [-0.4, -0.2) is 63.5 Å². The fraction of sp³-hybridized carbons (Fsp3) is 0.316. The third-order valence-corrected chi connectivity index (χ3v) is 4.36. The number of carbonyl (C=O) groups excluding carboxylic acids is 1. The molecule has 1 aromatic carbocycles. The van der Waals surface area contributed by atoms with Crippen molar-refractivity contribution in [2.75, 3.05) is 32.8 Å². The Labute approximate surface area is 174 Å². The van der Waals surface area contributed by atoms with Gasteiger partial charge >= 0.3 is 18.3 Å². The van der Waals surface area contributed by atoms with E-state index in [2.05, 4.69) is 15.9 Å². The van der Waals surface area contributed by atoms with Crippen LogP contribution in [0.5, 0.6) is 23.5 Å². The summed E-state index contributed by atoms with van der Waals surface area (Å²) in [5.41, 5.74) is 0.0407. The third-order valence-electron chi connectivity index (χ3n) is 3.45. The first-order chi connectivity index (χ1) is 14.3. The normalized spacial score (nSPS) is 11.7. The van der Waals surface area contributed by atoms with E-state index in [0.717, 1.165) is 6.26 Å². The predicted octanol–water partition coefficient (Wildman–Crippen LogP) is 1.11. The fourth-order valence-electron chi connectivity index (χ4n) is 2.05. The van der Waals surface area contributed by atoms with Crippen LogP contribution in [0, 0.1) is 12.3 Å². The van der Waals surface area contributed by atoms with Gasteiger partial charge in [-0.05, 0) is 18.1 Å². The Balaban J connectivity index is 2.15. The number of benzene rings is 1. The molecule has 11 heteroatoms.